The molecule has 3 heteroatoms. The summed E-state index contributed by atoms with van der Waals surface area (Å²) in [6.07, 6.45) is 1.01. The summed E-state index contributed by atoms with van der Waals surface area (Å²) in [5.41, 5.74) is 2.77. The first-order valence-corrected chi connectivity index (χ1v) is 10.6. The standard InChI is InChI=1S/C15H25BrOSi/c1-15(2,3)18(4,5)17-11-10-13-8-6-7-9-14(13)12-16/h6-9H,10-12H2,1-5H3. The van der Waals surface area contributed by atoms with Crippen LogP contribution in [-0.2, 0) is 16.2 Å². The summed E-state index contributed by atoms with van der Waals surface area (Å²) in [5.74, 6) is 0. The summed E-state index contributed by atoms with van der Waals surface area (Å²) in [7, 11) is -1.60. The van der Waals surface area contributed by atoms with Gasteiger partial charge in [-0.15, -0.1) is 0 Å². The highest BCUT2D eigenvalue weighted by molar-refractivity contribution is 9.08. The lowest BCUT2D eigenvalue weighted by Gasteiger charge is -2.36. The maximum Gasteiger partial charge on any atom is 0.191 e. The van der Waals surface area contributed by atoms with Crippen molar-refractivity contribution in [3.8, 4) is 0 Å². The molecule has 0 saturated carbocycles. The van der Waals surface area contributed by atoms with Gasteiger partial charge < -0.3 is 4.43 Å². The van der Waals surface area contributed by atoms with Crippen molar-refractivity contribution < 1.29 is 4.43 Å². The van der Waals surface area contributed by atoms with Gasteiger partial charge in [0.25, 0.3) is 0 Å². The molecule has 0 aliphatic carbocycles. The topological polar surface area (TPSA) is 9.23 Å². The van der Waals surface area contributed by atoms with E-state index in [1.165, 1.54) is 11.1 Å². The van der Waals surface area contributed by atoms with Crippen LogP contribution < -0.4 is 0 Å². The molecule has 0 spiro atoms. The minimum Gasteiger partial charge on any atom is -0.416 e. The van der Waals surface area contributed by atoms with Gasteiger partial charge in [-0.2, -0.15) is 0 Å². The Morgan fingerprint density at radius 2 is 1.67 bits per heavy atom. The second-order valence-electron chi connectivity index (χ2n) is 6.26. The van der Waals surface area contributed by atoms with Gasteiger partial charge in [-0.25, -0.2) is 0 Å². The smallest absolute Gasteiger partial charge is 0.191 e. The van der Waals surface area contributed by atoms with Gasteiger partial charge in [0, 0.05) is 11.9 Å². The molecule has 1 aromatic carbocycles. The van der Waals surface area contributed by atoms with Crippen LogP contribution in [0.15, 0.2) is 24.3 Å². The zero-order valence-electron chi connectivity index (χ0n) is 12.2. The van der Waals surface area contributed by atoms with E-state index in [0.29, 0.717) is 5.04 Å². The molecule has 0 atom stereocenters. The summed E-state index contributed by atoms with van der Waals surface area (Å²) in [4.78, 5) is 0. The lowest BCUT2D eigenvalue weighted by molar-refractivity contribution is 0.291. The summed E-state index contributed by atoms with van der Waals surface area (Å²) in [6.45, 7) is 12.3. The lowest BCUT2D eigenvalue weighted by atomic mass is 10.1. The molecule has 0 aromatic heterocycles. The molecule has 0 saturated heterocycles. The number of hydrogen-bond donors (Lipinski definition) is 0. The molecule has 1 rings (SSSR count). The molecule has 0 amide bonds. The van der Waals surface area contributed by atoms with Gasteiger partial charge >= 0.3 is 0 Å². The van der Waals surface area contributed by atoms with E-state index in [-0.39, 0.29) is 0 Å². The molecule has 0 fully saturated rings. The predicted molar refractivity (Wildman–Crippen MR) is 85.9 cm³/mol. The maximum absolute atomic E-state index is 6.22. The molecular weight excluding hydrogens is 304 g/mol. The molecule has 0 N–H and O–H groups in total. The average Bonchev–Trinajstić information content (AvgIpc) is 2.28. The van der Waals surface area contributed by atoms with Crippen LogP contribution >= 0.6 is 15.9 Å². The Morgan fingerprint density at radius 1 is 1.11 bits per heavy atom. The van der Waals surface area contributed by atoms with Crippen LogP contribution in [0.5, 0.6) is 0 Å². The molecule has 0 bridgehead atoms. The Hall–Kier alpha value is -0.123. The second kappa shape index (κ2) is 6.35. The molecule has 18 heavy (non-hydrogen) atoms. The van der Waals surface area contributed by atoms with Crippen molar-refractivity contribution in [2.45, 2.75) is 50.7 Å². The maximum atomic E-state index is 6.22. The Bertz CT molecular complexity index is 382. The van der Waals surface area contributed by atoms with Crippen molar-refractivity contribution in [1.29, 1.82) is 0 Å². The van der Waals surface area contributed by atoms with Gasteiger partial charge in [0.2, 0.25) is 0 Å². The van der Waals surface area contributed by atoms with Gasteiger partial charge in [0.05, 0.1) is 0 Å². The summed E-state index contributed by atoms with van der Waals surface area (Å²) in [5, 5.41) is 1.21. The van der Waals surface area contributed by atoms with Gasteiger partial charge in [-0.1, -0.05) is 61.0 Å². The monoisotopic (exact) mass is 328 g/mol. The van der Waals surface area contributed by atoms with E-state index in [9.17, 15) is 0 Å². The van der Waals surface area contributed by atoms with E-state index in [1.54, 1.807) is 0 Å². The number of alkyl halides is 1. The van der Waals surface area contributed by atoms with Gasteiger partial charge in [-0.05, 0) is 35.7 Å². The predicted octanol–water partition coefficient (Wildman–Crippen LogP) is 5.15. The first-order chi connectivity index (χ1) is 8.28. The molecule has 0 aliphatic rings. The first kappa shape index (κ1) is 15.9. The van der Waals surface area contributed by atoms with Crippen LogP contribution in [0.3, 0.4) is 0 Å². The fraction of sp³-hybridized carbons (Fsp3) is 0.600. The van der Waals surface area contributed by atoms with Crippen LogP contribution in [0, 0.1) is 0 Å². The van der Waals surface area contributed by atoms with E-state index >= 15 is 0 Å². The SMILES string of the molecule is CC(C)(C)[Si](C)(C)OCCc1ccccc1CBr. The van der Waals surface area contributed by atoms with E-state index in [4.69, 9.17) is 4.43 Å². The molecular formula is C15H25BrOSi. The van der Waals surface area contributed by atoms with Crippen LogP contribution in [0.2, 0.25) is 18.1 Å². The zero-order valence-corrected chi connectivity index (χ0v) is 14.8. The van der Waals surface area contributed by atoms with E-state index in [2.05, 4.69) is 74.1 Å². The van der Waals surface area contributed by atoms with E-state index in [0.717, 1.165) is 18.4 Å². The van der Waals surface area contributed by atoms with Crippen molar-refractivity contribution >= 4 is 24.2 Å². The number of benzene rings is 1. The molecule has 1 aromatic rings. The number of rotatable bonds is 5. The number of halogens is 1. The largest absolute Gasteiger partial charge is 0.416 e. The van der Waals surface area contributed by atoms with Crippen molar-refractivity contribution in [3.05, 3.63) is 35.4 Å². The van der Waals surface area contributed by atoms with E-state index < -0.39 is 8.32 Å². The minimum atomic E-state index is -1.60. The molecule has 102 valence electrons. The fourth-order valence-electron chi connectivity index (χ4n) is 1.56. The fourth-order valence-corrected chi connectivity index (χ4v) is 3.16. The van der Waals surface area contributed by atoms with E-state index in [1.807, 2.05) is 0 Å². The lowest BCUT2D eigenvalue weighted by Crippen LogP contribution is -2.41. The van der Waals surface area contributed by atoms with Gasteiger partial charge in [-0.3, -0.25) is 0 Å². The van der Waals surface area contributed by atoms with Crippen LogP contribution in [0.1, 0.15) is 31.9 Å². The Kier molecular flexibility index (Phi) is 5.62. The normalized spacial score (nSPS) is 12.8. The number of hydrogen-bond acceptors (Lipinski definition) is 1. The molecule has 0 unspecified atom stereocenters. The highest BCUT2D eigenvalue weighted by atomic mass is 79.9. The molecule has 0 radical (unpaired) electrons. The van der Waals surface area contributed by atoms with Crippen molar-refractivity contribution in [2.75, 3.05) is 6.61 Å². The van der Waals surface area contributed by atoms with Crippen molar-refractivity contribution in [1.82, 2.24) is 0 Å². The third kappa shape index (κ3) is 4.21. The van der Waals surface area contributed by atoms with Gasteiger partial charge in [0.1, 0.15) is 0 Å². The second-order valence-corrected chi connectivity index (χ2v) is 11.6. The van der Waals surface area contributed by atoms with Gasteiger partial charge in [0.15, 0.2) is 8.32 Å². The third-order valence-electron chi connectivity index (χ3n) is 3.90. The third-order valence-corrected chi connectivity index (χ3v) is 9.05. The summed E-state index contributed by atoms with van der Waals surface area (Å²) >= 11 is 3.54. The van der Waals surface area contributed by atoms with Crippen LogP contribution in [-0.4, -0.2) is 14.9 Å². The average molecular weight is 329 g/mol. The molecule has 1 nitrogen and oxygen atoms in total. The Morgan fingerprint density at radius 3 is 2.17 bits per heavy atom. The molecule has 0 heterocycles. The highest BCUT2D eigenvalue weighted by Crippen LogP contribution is 2.36. The Labute approximate surface area is 121 Å². The van der Waals surface area contributed by atoms with Crippen LogP contribution in [0.4, 0.5) is 0 Å². The zero-order chi connectivity index (χ0) is 13.8. The molecule has 0 aliphatic heterocycles. The van der Waals surface area contributed by atoms with Crippen molar-refractivity contribution in [2.24, 2.45) is 0 Å². The van der Waals surface area contributed by atoms with Crippen molar-refractivity contribution in [3.63, 3.8) is 0 Å². The highest BCUT2D eigenvalue weighted by Gasteiger charge is 2.36. The summed E-state index contributed by atoms with van der Waals surface area (Å²) < 4.78 is 6.22. The van der Waals surface area contributed by atoms with Crippen LogP contribution in [0.25, 0.3) is 0 Å². The Balaban J connectivity index is 2.57. The first-order valence-electron chi connectivity index (χ1n) is 6.54. The quantitative estimate of drug-likeness (QED) is 0.536. The minimum absolute atomic E-state index is 0.294. The summed E-state index contributed by atoms with van der Waals surface area (Å²) in [6, 6.07) is 8.57.